The molecule has 0 bridgehead atoms. The largest absolute Gasteiger partial charge is 0.508 e. The highest BCUT2D eigenvalue weighted by molar-refractivity contribution is 5.27. The van der Waals surface area contributed by atoms with Crippen molar-refractivity contribution in [3.05, 3.63) is 29.8 Å². The fourth-order valence-electron chi connectivity index (χ4n) is 1.20. The van der Waals surface area contributed by atoms with Crippen LogP contribution in [0.15, 0.2) is 24.3 Å². The third-order valence-corrected chi connectivity index (χ3v) is 1.95. The van der Waals surface area contributed by atoms with Crippen molar-refractivity contribution >= 4 is 0 Å². The van der Waals surface area contributed by atoms with Gasteiger partial charge in [-0.15, -0.1) is 0 Å². The van der Waals surface area contributed by atoms with E-state index in [4.69, 9.17) is 15.3 Å². The lowest BCUT2D eigenvalue weighted by molar-refractivity contribution is 0.150. The molecule has 3 heteroatoms. The molecule has 1 aromatic carbocycles. The Labute approximate surface area is 77.3 Å². The van der Waals surface area contributed by atoms with Crippen molar-refractivity contribution < 1.29 is 15.3 Å². The number of aromatic hydroxyl groups is 1. The normalized spacial score (nSPS) is 10.7. The SMILES string of the molecule is OCC(CO)Cc1cccc(O)c1. The van der Waals surface area contributed by atoms with Crippen LogP contribution < -0.4 is 0 Å². The monoisotopic (exact) mass is 182 g/mol. The van der Waals surface area contributed by atoms with Gasteiger partial charge in [0, 0.05) is 19.1 Å². The zero-order valence-corrected chi connectivity index (χ0v) is 7.35. The molecular weight excluding hydrogens is 168 g/mol. The number of aliphatic hydroxyl groups is 2. The lowest BCUT2D eigenvalue weighted by Gasteiger charge is -2.10. The van der Waals surface area contributed by atoms with Crippen LogP contribution in [0.4, 0.5) is 0 Å². The summed E-state index contributed by atoms with van der Waals surface area (Å²) in [6.45, 7) is -0.0711. The van der Waals surface area contributed by atoms with Gasteiger partial charge in [-0.2, -0.15) is 0 Å². The Kier molecular flexibility index (Phi) is 3.73. The molecule has 0 unspecified atom stereocenters. The molecule has 0 saturated carbocycles. The number of aliphatic hydroxyl groups excluding tert-OH is 2. The fraction of sp³-hybridized carbons (Fsp3) is 0.400. The topological polar surface area (TPSA) is 60.7 Å². The molecule has 0 saturated heterocycles. The summed E-state index contributed by atoms with van der Waals surface area (Å²) in [7, 11) is 0. The van der Waals surface area contributed by atoms with Crippen LogP contribution in [0, 0.1) is 5.92 Å². The number of phenolic OH excluding ortho intramolecular Hbond substituents is 1. The molecular formula is C10H14O3. The van der Waals surface area contributed by atoms with Crippen LogP contribution in [0.25, 0.3) is 0 Å². The average molecular weight is 182 g/mol. The lowest BCUT2D eigenvalue weighted by atomic mass is 10.0. The van der Waals surface area contributed by atoms with E-state index < -0.39 is 0 Å². The van der Waals surface area contributed by atoms with Gasteiger partial charge >= 0.3 is 0 Å². The van der Waals surface area contributed by atoms with E-state index in [0.29, 0.717) is 6.42 Å². The molecule has 0 radical (unpaired) electrons. The molecule has 0 fully saturated rings. The van der Waals surface area contributed by atoms with Crippen molar-refractivity contribution in [3.8, 4) is 5.75 Å². The standard InChI is InChI=1S/C10H14O3/c11-6-9(7-12)4-8-2-1-3-10(13)5-8/h1-3,5,9,11-13H,4,6-7H2. The molecule has 1 aromatic rings. The third-order valence-electron chi connectivity index (χ3n) is 1.95. The summed E-state index contributed by atoms with van der Waals surface area (Å²) < 4.78 is 0. The summed E-state index contributed by atoms with van der Waals surface area (Å²) in [6, 6.07) is 6.84. The molecule has 0 atom stereocenters. The predicted octanol–water partition coefficient (Wildman–Crippen LogP) is 0.535. The van der Waals surface area contributed by atoms with Crippen LogP contribution in [0.2, 0.25) is 0 Å². The molecule has 0 spiro atoms. The smallest absolute Gasteiger partial charge is 0.115 e. The minimum Gasteiger partial charge on any atom is -0.508 e. The molecule has 0 aliphatic rings. The molecule has 1 rings (SSSR count). The highest BCUT2D eigenvalue weighted by Crippen LogP contribution is 2.14. The zero-order valence-electron chi connectivity index (χ0n) is 7.35. The molecule has 0 aromatic heterocycles. The summed E-state index contributed by atoms with van der Waals surface area (Å²) in [4.78, 5) is 0. The summed E-state index contributed by atoms with van der Waals surface area (Å²) in [6.07, 6.45) is 0.585. The van der Waals surface area contributed by atoms with Gasteiger partial charge in [0.1, 0.15) is 5.75 Å². The second-order valence-corrected chi connectivity index (χ2v) is 3.11. The Bertz CT molecular complexity index is 256. The molecule has 13 heavy (non-hydrogen) atoms. The number of benzene rings is 1. The first-order valence-electron chi connectivity index (χ1n) is 4.26. The Balaban J connectivity index is 2.62. The minimum absolute atomic E-state index is 0.0356. The second-order valence-electron chi connectivity index (χ2n) is 3.11. The maximum absolute atomic E-state index is 9.15. The van der Waals surface area contributed by atoms with Crippen LogP contribution in [0.1, 0.15) is 5.56 Å². The van der Waals surface area contributed by atoms with Crippen LogP contribution in [-0.2, 0) is 6.42 Å². The molecule has 0 heterocycles. The molecule has 0 aliphatic heterocycles. The van der Waals surface area contributed by atoms with Crippen LogP contribution >= 0.6 is 0 Å². The Hall–Kier alpha value is -1.06. The molecule has 3 N–H and O–H groups in total. The predicted molar refractivity (Wildman–Crippen MR) is 49.5 cm³/mol. The number of hydrogen-bond donors (Lipinski definition) is 3. The summed E-state index contributed by atoms with van der Waals surface area (Å²) >= 11 is 0. The fourth-order valence-corrected chi connectivity index (χ4v) is 1.20. The highest BCUT2D eigenvalue weighted by Gasteiger charge is 2.06. The van der Waals surface area contributed by atoms with Gasteiger partial charge in [0.15, 0.2) is 0 Å². The quantitative estimate of drug-likeness (QED) is 0.636. The maximum atomic E-state index is 9.15. The van der Waals surface area contributed by atoms with E-state index in [9.17, 15) is 0 Å². The first-order valence-corrected chi connectivity index (χ1v) is 4.26. The van der Waals surface area contributed by atoms with E-state index in [1.807, 2.05) is 6.07 Å². The van der Waals surface area contributed by atoms with Crippen molar-refractivity contribution in [1.82, 2.24) is 0 Å². The number of phenols is 1. The van der Waals surface area contributed by atoms with E-state index in [2.05, 4.69) is 0 Å². The lowest BCUT2D eigenvalue weighted by Crippen LogP contribution is -2.13. The van der Waals surface area contributed by atoms with E-state index >= 15 is 0 Å². The van der Waals surface area contributed by atoms with E-state index in [-0.39, 0.29) is 24.9 Å². The number of hydrogen-bond acceptors (Lipinski definition) is 3. The van der Waals surface area contributed by atoms with Gasteiger partial charge in [-0.1, -0.05) is 12.1 Å². The van der Waals surface area contributed by atoms with Crippen LogP contribution in [-0.4, -0.2) is 28.5 Å². The van der Waals surface area contributed by atoms with Gasteiger partial charge in [-0.05, 0) is 24.1 Å². The van der Waals surface area contributed by atoms with Crippen molar-refractivity contribution in [3.63, 3.8) is 0 Å². The van der Waals surface area contributed by atoms with E-state index in [1.165, 1.54) is 0 Å². The van der Waals surface area contributed by atoms with E-state index in [1.54, 1.807) is 18.2 Å². The third kappa shape index (κ3) is 3.05. The first kappa shape index (κ1) is 10.0. The van der Waals surface area contributed by atoms with Gasteiger partial charge in [0.2, 0.25) is 0 Å². The van der Waals surface area contributed by atoms with Gasteiger partial charge in [-0.3, -0.25) is 0 Å². The van der Waals surface area contributed by atoms with Gasteiger partial charge in [0.05, 0.1) is 0 Å². The second kappa shape index (κ2) is 4.84. The van der Waals surface area contributed by atoms with Crippen molar-refractivity contribution in [2.24, 2.45) is 5.92 Å². The van der Waals surface area contributed by atoms with Crippen molar-refractivity contribution in [1.29, 1.82) is 0 Å². The Morgan fingerprint density at radius 1 is 1.15 bits per heavy atom. The van der Waals surface area contributed by atoms with Crippen molar-refractivity contribution in [2.45, 2.75) is 6.42 Å². The van der Waals surface area contributed by atoms with Crippen LogP contribution in [0.3, 0.4) is 0 Å². The minimum atomic E-state index is -0.137. The Morgan fingerprint density at radius 3 is 2.38 bits per heavy atom. The maximum Gasteiger partial charge on any atom is 0.115 e. The van der Waals surface area contributed by atoms with Crippen LogP contribution in [0.5, 0.6) is 5.75 Å². The Morgan fingerprint density at radius 2 is 1.85 bits per heavy atom. The highest BCUT2D eigenvalue weighted by atomic mass is 16.3. The van der Waals surface area contributed by atoms with Gasteiger partial charge in [-0.25, -0.2) is 0 Å². The zero-order chi connectivity index (χ0) is 9.68. The summed E-state index contributed by atoms with van der Waals surface area (Å²) in [5.74, 6) is 0.0777. The van der Waals surface area contributed by atoms with Gasteiger partial charge in [0.25, 0.3) is 0 Å². The molecule has 0 aliphatic carbocycles. The number of rotatable bonds is 4. The van der Waals surface area contributed by atoms with Gasteiger partial charge < -0.3 is 15.3 Å². The summed E-state index contributed by atoms with van der Waals surface area (Å²) in [5, 5.41) is 26.8. The summed E-state index contributed by atoms with van der Waals surface area (Å²) in [5.41, 5.74) is 0.924. The molecule has 0 amide bonds. The molecule has 3 nitrogen and oxygen atoms in total. The first-order chi connectivity index (χ1) is 6.26. The average Bonchev–Trinajstić information content (AvgIpc) is 2.14. The van der Waals surface area contributed by atoms with E-state index in [0.717, 1.165) is 5.56 Å². The molecule has 72 valence electrons. The van der Waals surface area contributed by atoms with Crippen molar-refractivity contribution in [2.75, 3.05) is 13.2 Å².